The summed E-state index contributed by atoms with van der Waals surface area (Å²) in [5, 5.41) is 0. The first-order valence-electron chi connectivity index (χ1n) is 8.36. The third-order valence-electron chi connectivity index (χ3n) is 4.93. The molecule has 24 heavy (non-hydrogen) atoms. The van der Waals surface area contributed by atoms with Crippen molar-refractivity contribution in [3.05, 3.63) is 29.1 Å². The molecule has 132 valence electrons. The van der Waals surface area contributed by atoms with Gasteiger partial charge in [-0.05, 0) is 49.3 Å². The van der Waals surface area contributed by atoms with E-state index in [1.807, 2.05) is 0 Å². The number of ether oxygens (including phenoxy) is 1. The first-order valence-corrected chi connectivity index (χ1v) is 9.97. The molecule has 1 heterocycles. The second-order valence-corrected chi connectivity index (χ2v) is 8.48. The van der Waals surface area contributed by atoms with Gasteiger partial charge < -0.3 is 4.74 Å². The van der Waals surface area contributed by atoms with Crippen LogP contribution in [-0.4, -0.2) is 33.8 Å². The maximum Gasteiger partial charge on any atom is 0.340 e. The Morgan fingerprint density at radius 1 is 1.21 bits per heavy atom. The molecule has 0 bridgehead atoms. The van der Waals surface area contributed by atoms with E-state index >= 15 is 0 Å². The minimum absolute atomic E-state index is 0.00759. The SMILES string of the molecule is COC(=O)c1cc(C2CCCC2)cc(N2CCCCS2(=O)=O)c1F. The quantitative estimate of drug-likeness (QED) is 0.781. The van der Waals surface area contributed by atoms with E-state index in [-0.39, 0.29) is 29.5 Å². The van der Waals surface area contributed by atoms with Crippen LogP contribution in [0.5, 0.6) is 0 Å². The molecule has 7 heteroatoms. The van der Waals surface area contributed by atoms with Crippen LogP contribution in [0.15, 0.2) is 12.1 Å². The molecule has 2 fully saturated rings. The van der Waals surface area contributed by atoms with Gasteiger partial charge in [0, 0.05) is 6.54 Å². The summed E-state index contributed by atoms with van der Waals surface area (Å²) in [6, 6.07) is 3.14. The lowest BCUT2D eigenvalue weighted by Crippen LogP contribution is -2.38. The summed E-state index contributed by atoms with van der Waals surface area (Å²) in [5.41, 5.74) is 0.627. The molecule has 0 amide bonds. The van der Waals surface area contributed by atoms with Gasteiger partial charge in [0.05, 0.1) is 24.1 Å². The number of halogens is 1. The van der Waals surface area contributed by atoms with Gasteiger partial charge in [0.25, 0.3) is 0 Å². The van der Waals surface area contributed by atoms with Crippen molar-refractivity contribution in [2.24, 2.45) is 0 Å². The maximum absolute atomic E-state index is 14.9. The molecular formula is C17H22FNO4S. The predicted molar refractivity (Wildman–Crippen MR) is 89.3 cm³/mol. The van der Waals surface area contributed by atoms with Crippen molar-refractivity contribution < 1.29 is 22.3 Å². The van der Waals surface area contributed by atoms with Gasteiger partial charge >= 0.3 is 5.97 Å². The van der Waals surface area contributed by atoms with Crippen LogP contribution in [-0.2, 0) is 14.8 Å². The molecule has 1 aliphatic carbocycles. The highest BCUT2D eigenvalue weighted by Crippen LogP contribution is 2.38. The molecule has 1 aliphatic heterocycles. The number of anilines is 1. The Balaban J connectivity index is 2.12. The lowest BCUT2D eigenvalue weighted by Gasteiger charge is -2.29. The van der Waals surface area contributed by atoms with Crippen molar-refractivity contribution in [3.63, 3.8) is 0 Å². The van der Waals surface area contributed by atoms with Crippen LogP contribution < -0.4 is 4.31 Å². The van der Waals surface area contributed by atoms with Crippen LogP contribution in [0.2, 0.25) is 0 Å². The first-order chi connectivity index (χ1) is 11.4. The fourth-order valence-electron chi connectivity index (χ4n) is 3.63. The second-order valence-electron chi connectivity index (χ2n) is 6.47. The number of methoxy groups -OCH3 is 1. The molecule has 5 nitrogen and oxygen atoms in total. The Labute approximate surface area is 141 Å². The summed E-state index contributed by atoms with van der Waals surface area (Å²) in [6.45, 7) is 0.244. The van der Waals surface area contributed by atoms with Crippen molar-refractivity contribution >= 4 is 21.7 Å². The summed E-state index contributed by atoms with van der Waals surface area (Å²) in [6.07, 6.45) is 5.38. The molecule has 0 aromatic heterocycles. The van der Waals surface area contributed by atoms with Crippen molar-refractivity contribution in [3.8, 4) is 0 Å². The van der Waals surface area contributed by atoms with Gasteiger partial charge in [0.2, 0.25) is 10.0 Å². The molecular weight excluding hydrogens is 333 g/mol. The third kappa shape index (κ3) is 3.14. The van der Waals surface area contributed by atoms with Gasteiger partial charge in [0.1, 0.15) is 0 Å². The molecule has 1 saturated carbocycles. The predicted octanol–water partition coefficient (Wildman–Crippen LogP) is 3.20. The van der Waals surface area contributed by atoms with Gasteiger partial charge in [-0.2, -0.15) is 0 Å². The van der Waals surface area contributed by atoms with Gasteiger partial charge in [-0.25, -0.2) is 17.6 Å². The van der Waals surface area contributed by atoms with Crippen LogP contribution in [0.25, 0.3) is 0 Å². The third-order valence-corrected chi connectivity index (χ3v) is 6.78. The Bertz CT molecular complexity index is 741. The van der Waals surface area contributed by atoms with E-state index in [2.05, 4.69) is 4.74 Å². The monoisotopic (exact) mass is 355 g/mol. The lowest BCUT2D eigenvalue weighted by molar-refractivity contribution is 0.0595. The zero-order valence-corrected chi connectivity index (χ0v) is 14.6. The molecule has 0 spiro atoms. The summed E-state index contributed by atoms with van der Waals surface area (Å²) >= 11 is 0. The number of rotatable bonds is 3. The van der Waals surface area contributed by atoms with Crippen molar-refractivity contribution in [1.29, 1.82) is 0 Å². The molecule has 0 atom stereocenters. The zero-order chi connectivity index (χ0) is 17.3. The molecule has 2 aliphatic rings. The highest BCUT2D eigenvalue weighted by Gasteiger charge is 2.32. The van der Waals surface area contributed by atoms with E-state index in [1.165, 1.54) is 13.2 Å². The number of hydrogen-bond acceptors (Lipinski definition) is 4. The zero-order valence-electron chi connectivity index (χ0n) is 13.8. The Morgan fingerprint density at radius 2 is 1.92 bits per heavy atom. The summed E-state index contributed by atoms with van der Waals surface area (Å²) in [4.78, 5) is 12.0. The summed E-state index contributed by atoms with van der Waals surface area (Å²) < 4.78 is 45.4. The Hall–Kier alpha value is -1.63. The van der Waals surface area contributed by atoms with Gasteiger partial charge in [-0.15, -0.1) is 0 Å². The molecule has 3 rings (SSSR count). The van der Waals surface area contributed by atoms with Crippen molar-refractivity contribution in [2.75, 3.05) is 23.7 Å². The maximum atomic E-state index is 14.9. The van der Waals surface area contributed by atoms with E-state index in [4.69, 9.17) is 0 Å². The molecule has 1 aromatic carbocycles. The minimum Gasteiger partial charge on any atom is -0.465 e. The van der Waals surface area contributed by atoms with Crippen molar-refractivity contribution in [1.82, 2.24) is 0 Å². The minimum atomic E-state index is -3.55. The number of hydrogen-bond donors (Lipinski definition) is 0. The molecule has 0 radical (unpaired) electrons. The van der Waals surface area contributed by atoms with Gasteiger partial charge in [-0.1, -0.05) is 12.8 Å². The average Bonchev–Trinajstić information content (AvgIpc) is 3.09. The van der Waals surface area contributed by atoms with E-state index < -0.39 is 21.8 Å². The number of nitrogens with zero attached hydrogens (tertiary/aromatic N) is 1. The Morgan fingerprint density at radius 3 is 2.54 bits per heavy atom. The number of sulfonamides is 1. The van der Waals surface area contributed by atoms with E-state index in [1.54, 1.807) is 6.07 Å². The molecule has 0 unspecified atom stereocenters. The first kappa shape index (κ1) is 17.2. The number of benzene rings is 1. The fraction of sp³-hybridized carbons (Fsp3) is 0.588. The van der Waals surface area contributed by atoms with Gasteiger partial charge in [0.15, 0.2) is 5.82 Å². The standard InChI is InChI=1S/C17H22FNO4S/c1-23-17(20)14-10-13(12-6-2-3-7-12)11-15(16(14)18)19-8-4-5-9-24(19,21)22/h10-12H,2-9H2,1H3. The normalized spacial score (nSPS) is 21.0. The van der Waals surface area contributed by atoms with Crippen LogP contribution in [0.1, 0.15) is 60.4 Å². The molecule has 1 aromatic rings. The van der Waals surface area contributed by atoms with Crippen LogP contribution in [0, 0.1) is 5.82 Å². The van der Waals surface area contributed by atoms with Crippen molar-refractivity contribution in [2.45, 2.75) is 44.4 Å². The van der Waals surface area contributed by atoms with Crippen LogP contribution in [0.3, 0.4) is 0 Å². The largest absolute Gasteiger partial charge is 0.465 e. The fourth-order valence-corrected chi connectivity index (χ4v) is 5.25. The number of esters is 1. The van der Waals surface area contributed by atoms with E-state index in [0.29, 0.717) is 12.8 Å². The Kier molecular flexibility index (Phi) is 4.80. The lowest BCUT2D eigenvalue weighted by atomic mass is 9.94. The number of carbonyl (C=O) groups is 1. The highest BCUT2D eigenvalue weighted by molar-refractivity contribution is 7.92. The van der Waals surface area contributed by atoms with E-state index in [0.717, 1.165) is 35.6 Å². The summed E-state index contributed by atoms with van der Waals surface area (Å²) in [5.74, 6) is -1.34. The summed E-state index contributed by atoms with van der Waals surface area (Å²) in [7, 11) is -2.35. The molecule has 0 N–H and O–H groups in total. The van der Waals surface area contributed by atoms with Crippen LogP contribution >= 0.6 is 0 Å². The van der Waals surface area contributed by atoms with Crippen LogP contribution in [0.4, 0.5) is 10.1 Å². The smallest absolute Gasteiger partial charge is 0.340 e. The topological polar surface area (TPSA) is 63.7 Å². The molecule has 1 saturated heterocycles. The highest BCUT2D eigenvalue weighted by atomic mass is 32.2. The number of carbonyl (C=O) groups excluding carboxylic acids is 1. The average molecular weight is 355 g/mol. The van der Waals surface area contributed by atoms with E-state index in [9.17, 15) is 17.6 Å². The van der Waals surface area contributed by atoms with Gasteiger partial charge in [-0.3, -0.25) is 4.31 Å². The second kappa shape index (κ2) is 6.70.